The van der Waals surface area contributed by atoms with Crippen LogP contribution in [-0.2, 0) is 6.42 Å². The highest BCUT2D eigenvalue weighted by Crippen LogP contribution is 2.26. The van der Waals surface area contributed by atoms with E-state index in [1.165, 1.54) is 29.5 Å². The molecule has 0 saturated heterocycles. The number of aromatic nitrogens is 2. The molecular formula is C24H24N2O. The number of aryl methyl sites for hydroxylation is 1. The lowest BCUT2D eigenvalue weighted by atomic mass is 10.0. The molecule has 0 amide bonds. The Labute approximate surface area is 160 Å². The molecule has 3 aromatic rings. The first-order valence-corrected chi connectivity index (χ1v) is 9.23. The first-order valence-electron chi connectivity index (χ1n) is 9.23. The van der Waals surface area contributed by atoms with Gasteiger partial charge in [-0.2, -0.15) is 0 Å². The topological polar surface area (TPSA) is 38.9 Å². The van der Waals surface area contributed by atoms with E-state index >= 15 is 0 Å². The molecular weight excluding hydrogens is 332 g/mol. The molecule has 27 heavy (non-hydrogen) atoms. The fourth-order valence-corrected chi connectivity index (χ4v) is 2.78. The van der Waals surface area contributed by atoms with Crippen molar-refractivity contribution in [3.8, 4) is 22.6 Å². The molecule has 3 rings (SSSR count). The Morgan fingerprint density at radius 2 is 1.59 bits per heavy atom. The van der Waals surface area contributed by atoms with Crippen LogP contribution in [0.4, 0.5) is 0 Å². The molecule has 0 radical (unpaired) electrons. The van der Waals surface area contributed by atoms with Crippen LogP contribution in [0.3, 0.4) is 0 Å². The third-order valence-corrected chi connectivity index (χ3v) is 4.37. The quantitative estimate of drug-likeness (QED) is 0.432. The number of hydrogen-bond donors (Lipinski definition) is 0. The van der Waals surface area contributed by atoms with Crippen molar-refractivity contribution >= 4 is 5.57 Å². The summed E-state index contributed by atoms with van der Waals surface area (Å²) in [5, 5.41) is 8.18. The van der Waals surface area contributed by atoms with Gasteiger partial charge >= 0.3 is 0 Å². The SMILES string of the molecule is C=C/C=C\C(=C)c1nnc(-c2ccc(-c3ccc(CCCC)cc3)cc2)o1. The molecule has 0 aliphatic carbocycles. The summed E-state index contributed by atoms with van der Waals surface area (Å²) in [6, 6.07) is 16.9. The summed E-state index contributed by atoms with van der Waals surface area (Å²) in [4.78, 5) is 0. The Hall–Kier alpha value is -3.20. The highest BCUT2D eigenvalue weighted by Gasteiger charge is 2.10. The van der Waals surface area contributed by atoms with E-state index in [1.54, 1.807) is 18.2 Å². The average molecular weight is 356 g/mol. The molecule has 1 aromatic heterocycles. The van der Waals surface area contributed by atoms with Gasteiger partial charge in [-0.1, -0.05) is 81.1 Å². The molecule has 0 saturated carbocycles. The maximum Gasteiger partial charge on any atom is 0.248 e. The van der Waals surface area contributed by atoms with E-state index in [0.29, 0.717) is 17.4 Å². The van der Waals surface area contributed by atoms with Crippen LogP contribution >= 0.6 is 0 Å². The molecule has 0 unspecified atom stereocenters. The normalized spacial score (nSPS) is 11.0. The number of rotatable bonds is 8. The molecule has 3 nitrogen and oxygen atoms in total. The van der Waals surface area contributed by atoms with E-state index in [4.69, 9.17) is 4.42 Å². The fourth-order valence-electron chi connectivity index (χ4n) is 2.78. The summed E-state index contributed by atoms with van der Waals surface area (Å²) < 4.78 is 5.72. The van der Waals surface area contributed by atoms with Crippen molar-refractivity contribution in [1.29, 1.82) is 0 Å². The Bertz CT molecular complexity index is 931. The van der Waals surface area contributed by atoms with Gasteiger partial charge in [-0.05, 0) is 41.7 Å². The third kappa shape index (κ3) is 4.70. The van der Waals surface area contributed by atoms with E-state index < -0.39 is 0 Å². The van der Waals surface area contributed by atoms with E-state index in [9.17, 15) is 0 Å². The van der Waals surface area contributed by atoms with Crippen LogP contribution < -0.4 is 0 Å². The standard InChI is InChI=1S/C24H24N2O/c1-4-6-8-18(3)23-25-26-24(27-23)22-16-14-21(15-17-22)20-12-10-19(11-13-20)9-7-5-2/h4,6,8,10-17H,1,3,5,7,9H2,2H3/b8-6-. The molecule has 1 heterocycles. The Morgan fingerprint density at radius 1 is 0.963 bits per heavy atom. The summed E-state index contributed by atoms with van der Waals surface area (Å²) in [7, 11) is 0. The molecule has 136 valence electrons. The number of unbranched alkanes of at least 4 members (excludes halogenated alkanes) is 1. The molecule has 0 spiro atoms. The summed E-state index contributed by atoms with van der Waals surface area (Å²) in [6.45, 7) is 9.77. The number of benzene rings is 2. The molecule has 0 aliphatic heterocycles. The zero-order valence-corrected chi connectivity index (χ0v) is 15.7. The Kier molecular flexibility index (Phi) is 6.16. The molecule has 2 aromatic carbocycles. The maximum absolute atomic E-state index is 5.72. The Morgan fingerprint density at radius 3 is 2.22 bits per heavy atom. The Balaban J connectivity index is 1.74. The summed E-state index contributed by atoms with van der Waals surface area (Å²) >= 11 is 0. The van der Waals surface area contributed by atoms with Gasteiger partial charge in [-0.25, -0.2) is 0 Å². The zero-order valence-electron chi connectivity index (χ0n) is 15.7. The van der Waals surface area contributed by atoms with Crippen molar-refractivity contribution in [2.45, 2.75) is 26.2 Å². The molecule has 0 N–H and O–H groups in total. The lowest BCUT2D eigenvalue weighted by Gasteiger charge is -2.05. The van der Waals surface area contributed by atoms with Crippen LogP contribution in [-0.4, -0.2) is 10.2 Å². The van der Waals surface area contributed by atoms with Crippen LogP contribution in [0.2, 0.25) is 0 Å². The van der Waals surface area contributed by atoms with Crippen molar-refractivity contribution in [2.75, 3.05) is 0 Å². The van der Waals surface area contributed by atoms with Crippen LogP contribution in [0.1, 0.15) is 31.2 Å². The van der Waals surface area contributed by atoms with Gasteiger partial charge < -0.3 is 4.42 Å². The molecule has 0 aliphatic rings. The van der Waals surface area contributed by atoms with Gasteiger partial charge in [0.1, 0.15) is 0 Å². The molecule has 0 fully saturated rings. The zero-order chi connectivity index (χ0) is 19.1. The minimum atomic E-state index is 0.412. The van der Waals surface area contributed by atoms with Crippen molar-refractivity contribution in [2.24, 2.45) is 0 Å². The first-order chi connectivity index (χ1) is 13.2. The summed E-state index contributed by atoms with van der Waals surface area (Å²) in [6.07, 6.45) is 8.85. The van der Waals surface area contributed by atoms with Crippen molar-refractivity contribution in [3.05, 3.63) is 91.4 Å². The van der Waals surface area contributed by atoms with Gasteiger partial charge in [0.25, 0.3) is 0 Å². The van der Waals surface area contributed by atoms with E-state index in [2.05, 4.69) is 66.7 Å². The number of allylic oxidation sites excluding steroid dienone is 4. The second-order valence-electron chi connectivity index (χ2n) is 6.41. The second-order valence-corrected chi connectivity index (χ2v) is 6.41. The monoisotopic (exact) mass is 356 g/mol. The van der Waals surface area contributed by atoms with Gasteiger partial charge in [-0.3, -0.25) is 0 Å². The van der Waals surface area contributed by atoms with E-state index in [-0.39, 0.29) is 0 Å². The molecule has 0 atom stereocenters. The lowest BCUT2D eigenvalue weighted by molar-refractivity contribution is 0.554. The molecule has 0 bridgehead atoms. The summed E-state index contributed by atoms with van der Waals surface area (Å²) in [5.41, 5.74) is 5.31. The highest BCUT2D eigenvalue weighted by atomic mass is 16.4. The first kappa shape index (κ1) is 18.6. The van der Waals surface area contributed by atoms with Gasteiger partial charge in [0.05, 0.1) is 0 Å². The van der Waals surface area contributed by atoms with Crippen LogP contribution in [0, 0.1) is 0 Å². The maximum atomic E-state index is 5.72. The van der Waals surface area contributed by atoms with Gasteiger partial charge in [0, 0.05) is 11.1 Å². The lowest BCUT2D eigenvalue weighted by Crippen LogP contribution is -1.85. The van der Waals surface area contributed by atoms with E-state index in [1.807, 2.05) is 12.1 Å². The van der Waals surface area contributed by atoms with Crippen molar-refractivity contribution < 1.29 is 4.42 Å². The predicted molar refractivity (Wildman–Crippen MR) is 112 cm³/mol. The number of nitrogens with zero attached hydrogens (tertiary/aromatic N) is 2. The minimum Gasteiger partial charge on any atom is -0.416 e. The largest absolute Gasteiger partial charge is 0.416 e. The average Bonchev–Trinajstić information content (AvgIpc) is 3.21. The van der Waals surface area contributed by atoms with Gasteiger partial charge in [0.15, 0.2) is 0 Å². The minimum absolute atomic E-state index is 0.412. The van der Waals surface area contributed by atoms with Crippen LogP contribution in [0.5, 0.6) is 0 Å². The van der Waals surface area contributed by atoms with Crippen LogP contribution in [0.15, 0.2) is 84.3 Å². The van der Waals surface area contributed by atoms with Gasteiger partial charge in [-0.15, -0.1) is 10.2 Å². The van der Waals surface area contributed by atoms with Crippen LogP contribution in [0.25, 0.3) is 28.2 Å². The second kappa shape index (κ2) is 8.95. The van der Waals surface area contributed by atoms with E-state index in [0.717, 1.165) is 12.0 Å². The van der Waals surface area contributed by atoms with Crippen molar-refractivity contribution in [1.82, 2.24) is 10.2 Å². The summed E-state index contributed by atoms with van der Waals surface area (Å²) in [5.74, 6) is 0.898. The highest BCUT2D eigenvalue weighted by molar-refractivity contribution is 5.69. The fraction of sp³-hybridized carbons (Fsp3) is 0.167. The van der Waals surface area contributed by atoms with Crippen molar-refractivity contribution in [3.63, 3.8) is 0 Å². The smallest absolute Gasteiger partial charge is 0.248 e. The third-order valence-electron chi connectivity index (χ3n) is 4.37. The number of hydrogen-bond acceptors (Lipinski definition) is 3. The predicted octanol–water partition coefficient (Wildman–Crippen LogP) is 6.50. The molecule has 3 heteroatoms. The van der Waals surface area contributed by atoms with Gasteiger partial charge in [0.2, 0.25) is 11.8 Å².